The quantitative estimate of drug-likeness (QED) is 0.474. The second kappa shape index (κ2) is 9.71. The Kier molecular flexibility index (Phi) is 6.90. The Hall–Kier alpha value is -2.98. The van der Waals surface area contributed by atoms with Crippen LogP contribution in [0.15, 0.2) is 47.1 Å². The Labute approximate surface area is 209 Å². The van der Waals surface area contributed by atoms with E-state index in [4.69, 9.17) is 0 Å². The molecule has 0 atom stereocenters. The maximum atomic E-state index is 12.7. The molecule has 0 spiro atoms. The number of nitrogens with one attached hydrogen (secondary N) is 1. The summed E-state index contributed by atoms with van der Waals surface area (Å²) < 4.78 is 2.02. The standard InChI is InChI=1S/C24H25BrN4O4S/c1-24(2,23(32)33)13-21(30)29-9-7-28(8-10-29)20-6-4-17(14-26-20)27-22(31)19-12-15-11-16(25)3-5-18(15)34-19/h3-6,11-12,14H,7-10,13H2,1-2H3,(H,27,31)(H,32,33). The van der Waals surface area contributed by atoms with Gasteiger partial charge in [0.1, 0.15) is 5.82 Å². The third-order valence-electron chi connectivity index (χ3n) is 5.84. The van der Waals surface area contributed by atoms with Crippen LogP contribution in [0, 0.1) is 5.41 Å². The van der Waals surface area contributed by atoms with Gasteiger partial charge in [0.15, 0.2) is 0 Å². The smallest absolute Gasteiger partial charge is 0.309 e. The SMILES string of the molecule is CC(C)(CC(=O)N1CCN(c2ccc(NC(=O)c3cc4cc(Br)ccc4s3)cn2)CC1)C(=O)O. The summed E-state index contributed by atoms with van der Waals surface area (Å²) in [6.07, 6.45) is 1.61. The third-order valence-corrected chi connectivity index (χ3v) is 7.44. The molecule has 178 valence electrons. The van der Waals surface area contributed by atoms with E-state index in [2.05, 4.69) is 31.1 Å². The summed E-state index contributed by atoms with van der Waals surface area (Å²) in [6.45, 7) is 5.36. The highest BCUT2D eigenvalue weighted by Crippen LogP contribution is 2.29. The molecule has 3 aromatic rings. The van der Waals surface area contributed by atoms with Crippen molar-refractivity contribution in [3.63, 3.8) is 0 Å². The fraction of sp³-hybridized carbons (Fsp3) is 0.333. The van der Waals surface area contributed by atoms with Crippen LogP contribution in [0.4, 0.5) is 11.5 Å². The van der Waals surface area contributed by atoms with E-state index in [0.717, 1.165) is 20.4 Å². The summed E-state index contributed by atoms with van der Waals surface area (Å²) in [5, 5.41) is 13.2. The molecule has 0 saturated carbocycles. The number of rotatable bonds is 6. The molecule has 2 aromatic heterocycles. The number of nitrogens with zero attached hydrogens (tertiary/aromatic N) is 3. The summed E-state index contributed by atoms with van der Waals surface area (Å²) in [5.41, 5.74) is -0.472. The molecule has 1 aliphatic heterocycles. The van der Waals surface area contributed by atoms with Crippen molar-refractivity contribution in [3.8, 4) is 0 Å². The molecule has 2 amide bonds. The Bertz CT molecular complexity index is 1230. The predicted octanol–water partition coefficient (Wildman–Crippen LogP) is 4.46. The number of carboxylic acid groups (broad SMARTS) is 1. The zero-order chi connectivity index (χ0) is 24.5. The number of halogens is 1. The van der Waals surface area contributed by atoms with Crippen molar-refractivity contribution in [3.05, 3.63) is 51.9 Å². The lowest BCUT2D eigenvalue weighted by atomic mass is 9.89. The molecule has 8 nitrogen and oxygen atoms in total. The number of fused-ring (bicyclic) bond motifs is 1. The minimum atomic E-state index is -1.08. The normalized spacial score (nSPS) is 14.3. The Balaban J connectivity index is 1.32. The fourth-order valence-corrected chi connectivity index (χ4v) is 5.03. The van der Waals surface area contributed by atoms with E-state index < -0.39 is 11.4 Å². The number of hydrogen-bond donors (Lipinski definition) is 2. The van der Waals surface area contributed by atoms with E-state index in [-0.39, 0.29) is 18.2 Å². The van der Waals surface area contributed by atoms with Gasteiger partial charge in [-0.3, -0.25) is 14.4 Å². The predicted molar refractivity (Wildman–Crippen MR) is 137 cm³/mol. The van der Waals surface area contributed by atoms with Crippen LogP contribution in [0.5, 0.6) is 0 Å². The molecule has 10 heteroatoms. The number of anilines is 2. The number of aliphatic carboxylic acids is 1. The molecule has 34 heavy (non-hydrogen) atoms. The molecule has 1 fully saturated rings. The maximum absolute atomic E-state index is 12.7. The lowest BCUT2D eigenvalue weighted by Gasteiger charge is -2.36. The first-order valence-corrected chi connectivity index (χ1v) is 12.5. The molecule has 0 radical (unpaired) electrons. The molecular weight excluding hydrogens is 520 g/mol. The highest BCUT2D eigenvalue weighted by molar-refractivity contribution is 9.10. The minimum Gasteiger partial charge on any atom is -0.481 e. The number of carbonyl (C=O) groups is 3. The van der Waals surface area contributed by atoms with Gasteiger partial charge >= 0.3 is 5.97 Å². The molecule has 1 aliphatic rings. The number of aromatic nitrogens is 1. The van der Waals surface area contributed by atoms with Gasteiger partial charge in [-0.15, -0.1) is 11.3 Å². The molecule has 0 aliphatic carbocycles. The first kappa shape index (κ1) is 24.2. The van der Waals surface area contributed by atoms with Gasteiger partial charge in [-0.05, 0) is 55.6 Å². The van der Waals surface area contributed by atoms with Crippen molar-refractivity contribution in [1.29, 1.82) is 0 Å². The van der Waals surface area contributed by atoms with Crippen molar-refractivity contribution in [2.45, 2.75) is 20.3 Å². The Morgan fingerprint density at radius 3 is 2.50 bits per heavy atom. The van der Waals surface area contributed by atoms with Gasteiger partial charge < -0.3 is 20.2 Å². The van der Waals surface area contributed by atoms with E-state index >= 15 is 0 Å². The number of hydrogen-bond acceptors (Lipinski definition) is 6. The van der Waals surface area contributed by atoms with Gasteiger partial charge in [0, 0.05) is 41.8 Å². The van der Waals surface area contributed by atoms with Crippen molar-refractivity contribution in [2.75, 3.05) is 36.4 Å². The van der Waals surface area contributed by atoms with E-state index in [1.54, 1.807) is 24.9 Å². The second-order valence-electron chi connectivity index (χ2n) is 8.89. The summed E-state index contributed by atoms with van der Waals surface area (Å²) >= 11 is 4.89. The Morgan fingerprint density at radius 2 is 1.85 bits per heavy atom. The van der Waals surface area contributed by atoms with Crippen LogP contribution in [0.2, 0.25) is 0 Å². The van der Waals surface area contributed by atoms with E-state index in [1.807, 2.05) is 36.4 Å². The average molecular weight is 545 g/mol. The van der Waals surface area contributed by atoms with Gasteiger partial charge in [-0.1, -0.05) is 15.9 Å². The van der Waals surface area contributed by atoms with Gasteiger partial charge in [0.25, 0.3) is 5.91 Å². The number of carbonyl (C=O) groups excluding carboxylic acids is 2. The van der Waals surface area contributed by atoms with Crippen LogP contribution in [0.25, 0.3) is 10.1 Å². The summed E-state index contributed by atoms with van der Waals surface area (Å²) in [4.78, 5) is 45.3. The van der Waals surface area contributed by atoms with Crippen LogP contribution in [0.1, 0.15) is 29.9 Å². The highest BCUT2D eigenvalue weighted by atomic mass is 79.9. The lowest BCUT2D eigenvalue weighted by Crippen LogP contribution is -2.50. The third kappa shape index (κ3) is 5.39. The zero-order valence-electron chi connectivity index (χ0n) is 18.9. The largest absolute Gasteiger partial charge is 0.481 e. The monoisotopic (exact) mass is 544 g/mol. The van der Waals surface area contributed by atoms with Crippen molar-refractivity contribution < 1.29 is 19.5 Å². The minimum absolute atomic E-state index is 0.0218. The van der Waals surface area contributed by atoms with E-state index in [1.165, 1.54) is 11.3 Å². The van der Waals surface area contributed by atoms with Crippen LogP contribution < -0.4 is 10.2 Å². The van der Waals surface area contributed by atoms with E-state index in [0.29, 0.717) is 36.7 Å². The molecule has 1 saturated heterocycles. The molecule has 0 unspecified atom stereocenters. The summed E-state index contributed by atoms with van der Waals surface area (Å²) in [7, 11) is 0. The molecule has 0 bridgehead atoms. The maximum Gasteiger partial charge on any atom is 0.309 e. The highest BCUT2D eigenvalue weighted by Gasteiger charge is 2.33. The molecule has 1 aromatic carbocycles. The first-order valence-electron chi connectivity index (χ1n) is 10.8. The molecule has 2 N–H and O–H groups in total. The average Bonchev–Trinajstić information content (AvgIpc) is 3.23. The van der Waals surface area contributed by atoms with Crippen LogP contribution in [-0.2, 0) is 9.59 Å². The van der Waals surface area contributed by atoms with Crippen LogP contribution in [-0.4, -0.2) is 59.0 Å². The molecule has 3 heterocycles. The van der Waals surface area contributed by atoms with Gasteiger partial charge in [-0.25, -0.2) is 4.98 Å². The number of piperazine rings is 1. The van der Waals surface area contributed by atoms with Crippen molar-refractivity contribution in [2.24, 2.45) is 5.41 Å². The number of benzene rings is 1. The van der Waals surface area contributed by atoms with Crippen molar-refractivity contribution >= 4 is 66.6 Å². The summed E-state index contributed by atoms with van der Waals surface area (Å²) in [6, 6.07) is 11.5. The fourth-order valence-electron chi connectivity index (χ4n) is 3.72. The van der Waals surface area contributed by atoms with Gasteiger partial charge in [0.2, 0.25) is 5.91 Å². The number of carboxylic acids is 1. The van der Waals surface area contributed by atoms with Crippen LogP contribution in [0.3, 0.4) is 0 Å². The Morgan fingerprint density at radius 1 is 1.12 bits per heavy atom. The lowest BCUT2D eigenvalue weighted by molar-refractivity contribution is -0.151. The number of amides is 2. The topological polar surface area (TPSA) is 103 Å². The van der Waals surface area contributed by atoms with Gasteiger partial charge in [-0.2, -0.15) is 0 Å². The van der Waals surface area contributed by atoms with E-state index in [9.17, 15) is 19.5 Å². The zero-order valence-corrected chi connectivity index (χ0v) is 21.3. The second-order valence-corrected chi connectivity index (χ2v) is 10.9. The number of pyridine rings is 1. The van der Waals surface area contributed by atoms with Gasteiger partial charge in [0.05, 0.1) is 22.2 Å². The van der Waals surface area contributed by atoms with Crippen LogP contribution >= 0.6 is 27.3 Å². The number of thiophene rings is 1. The molecular formula is C24H25BrN4O4S. The van der Waals surface area contributed by atoms with Crippen molar-refractivity contribution in [1.82, 2.24) is 9.88 Å². The molecule has 4 rings (SSSR count). The summed E-state index contributed by atoms with van der Waals surface area (Å²) in [5.74, 6) is -0.533. The first-order chi connectivity index (χ1) is 16.1.